The van der Waals surface area contributed by atoms with Gasteiger partial charge in [-0.25, -0.2) is 17.2 Å². The zero-order valence-corrected chi connectivity index (χ0v) is 22.6. The molecule has 1 N–H and O–H groups in total. The summed E-state index contributed by atoms with van der Waals surface area (Å²) in [6.07, 6.45) is 1.07. The van der Waals surface area contributed by atoms with Crippen molar-refractivity contribution in [3.05, 3.63) is 119 Å². The van der Waals surface area contributed by atoms with Gasteiger partial charge in [-0.2, -0.15) is 0 Å². The predicted octanol–water partition coefficient (Wildman–Crippen LogP) is 6.85. The van der Waals surface area contributed by atoms with Gasteiger partial charge in [-0.15, -0.1) is 0 Å². The molecule has 0 bridgehead atoms. The molecule has 0 atom stereocenters. The van der Waals surface area contributed by atoms with E-state index in [2.05, 4.69) is 4.72 Å². The maximum absolute atomic E-state index is 14.6. The minimum atomic E-state index is -3.51. The molecule has 4 rings (SSSR count). The van der Waals surface area contributed by atoms with Gasteiger partial charge in [-0.3, -0.25) is 9.52 Å². The Labute approximate surface area is 226 Å². The highest BCUT2D eigenvalue weighted by atomic mass is 32.2. The molecule has 0 saturated carbocycles. The van der Waals surface area contributed by atoms with Crippen LogP contribution in [0.2, 0.25) is 0 Å². The number of carbonyl (C=O) groups excluding carboxylic acids is 1. The van der Waals surface area contributed by atoms with E-state index >= 15 is 0 Å². The van der Waals surface area contributed by atoms with Crippen molar-refractivity contribution in [3.8, 4) is 11.5 Å². The number of ketones is 1. The van der Waals surface area contributed by atoms with Crippen molar-refractivity contribution >= 4 is 27.2 Å². The average Bonchev–Trinajstić information content (AvgIpc) is 2.87. The number of hydrogen-bond acceptors (Lipinski definition) is 5. The first kappa shape index (κ1) is 27.8. The van der Waals surface area contributed by atoms with E-state index in [1.165, 1.54) is 19.1 Å². The van der Waals surface area contributed by atoms with Crippen LogP contribution in [0.3, 0.4) is 0 Å². The number of anilines is 2. The summed E-state index contributed by atoms with van der Waals surface area (Å²) in [7, 11) is -3.51. The van der Waals surface area contributed by atoms with Crippen molar-refractivity contribution in [1.29, 1.82) is 0 Å². The topological polar surface area (TPSA) is 75.7 Å². The van der Waals surface area contributed by atoms with Gasteiger partial charge >= 0.3 is 0 Å². The minimum absolute atomic E-state index is 0.0559. The molecular weight excluding hydrogens is 522 g/mol. The average molecular weight is 551 g/mol. The zero-order valence-electron chi connectivity index (χ0n) is 21.7. The van der Waals surface area contributed by atoms with Crippen molar-refractivity contribution in [1.82, 2.24) is 0 Å². The van der Waals surface area contributed by atoms with Gasteiger partial charge < -0.3 is 9.64 Å². The van der Waals surface area contributed by atoms with E-state index < -0.39 is 21.7 Å². The lowest BCUT2D eigenvalue weighted by atomic mass is 10.1. The van der Waals surface area contributed by atoms with Gasteiger partial charge in [-0.1, -0.05) is 36.4 Å². The van der Waals surface area contributed by atoms with Crippen molar-refractivity contribution in [2.45, 2.75) is 26.9 Å². The maximum atomic E-state index is 14.6. The Balaban J connectivity index is 1.62. The van der Waals surface area contributed by atoms with E-state index in [0.717, 1.165) is 17.9 Å². The summed E-state index contributed by atoms with van der Waals surface area (Å²) in [5, 5.41) is 0. The normalized spacial score (nSPS) is 11.2. The van der Waals surface area contributed by atoms with Crippen molar-refractivity contribution in [2.75, 3.05) is 15.9 Å². The molecule has 4 aromatic carbocycles. The molecule has 39 heavy (non-hydrogen) atoms. The highest BCUT2D eigenvalue weighted by molar-refractivity contribution is 7.92. The first-order valence-corrected chi connectivity index (χ1v) is 14.0. The van der Waals surface area contributed by atoms with Crippen LogP contribution in [0, 0.1) is 18.6 Å². The van der Waals surface area contributed by atoms with Gasteiger partial charge in [0.2, 0.25) is 10.0 Å². The molecule has 202 valence electrons. The third-order valence-corrected chi connectivity index (χ3v) is 6.68. The van der Waals surface area contributed by atoms with Crippen molar-refractivity contribution in [2.24, 2.45) is 0 Å². The first-order chi connectivity index (χ1) is 18.5. The second kappa shape index (κ2) is 11.7. The number of Topliss-reactive ketones (excluding diaryl/α,β-unsaturated/α-hetero) is 1. The Bertz CT molecular complexity index is 1610. The first-order valence-electron chi connectivity index (χ1n) is 12.1. The standard InChI is InChI=1S/C30H28F2N2O4S/c1-20-29(33-39(3,36)37)8-5-9-30(20)34(19-24-12-13-25(31)17-28(24)32)18-22-10-14-26(15-11-22)38-27-7-4-6-23(16-27)21(2)35/h4-17,33H,18-19H2,1-3H3. The summed E-state index contributed by atoms with van der Waals surface area (Å²) in [5.74, 6) is -0.275. The molecule has 0 aliphatic carbocycles. The summed E-state index contributed by atoms with van der Waals surface area (Å²) >= 11 is 0. The van der Waals surface area contributed by atoms with E-state index in [1.807, 2.05) is 23.1 Å². The van der Waals surface area contributed by atoms with Gasteiger partial charge in [0.25, 0.3) is 0 Å². The monoisotopic (exact) mass is 550 g/mol. The number of rotatable bonds is 10. The van der Waals surface area contributed by atoms with Crippen LogP contribution in [0.5, 0.6) is 11.5 Å². The zero-order chi connectivity index (χ0) is 28.2. The van der Waals surface area contributed by atoms with Gasteiger partial charge in [0.15, 0.2) is 5.78 Å². The summed E-state index contributed by atoms with van der Waals surface area (Å²) in [4.78, 5) is 13.6. The van der Waals surface area contributed by atoms with E-state index in [-0.39, 0.29) is 12.3 Å². The molecule has 6 nitrogen and oxygen atoms in total. The van der Waals surface area contributed by atoms with Crippen LogP contribution in [0.15, 0.2) is 84.9 Å². The number of ether oxygens (including phenoxy) is 1. The Kier molecular flexibility index (Phi) is 8.30. The van der Waals surface area contributed by atoms with Crippen LogP contribution in [0.4, 0.5) is 20.2 Å². The summed E-state index contributed by atoms with van der Waals surface area (Å²) in [6.45, 7) is 3.74. The third kappa shape index (κ3) is 7.42. The van der Waals surface area contributed by atoms with Gasteiger partial charge in [0.1, 0.15) is 23.1 Å². The lowest BCUT2D eigenvalue weighted by Gasteiger charge is -2.28. The summed E-state index contributed by atoms with van der Waals surface area (Å²) in [5.41, 5.74) is 3.49. The fourth-order valence-electron chi connectivity index (χ4n) is 4.16. The Hall–Kier alpha value is -4.24. The van der Waals surface area contributed by atoms with Gasteiger partial charge in [0, 0.05) is 36.0 Å². The number of nitrogens with one attached hydrogen (secondary N) is 1. The smallest absolute Gasteiger partial charge is 0.229 e. The van der Waals surface area contributed by atoms with Crippen LogP contribution in [0.1, 0.15) is 34.0 Å². The molecule has 0 unspecified atom stereocenters. The predicted molar refractivity (Wildman–Crippen MR) is 149 cm³/mol. The second-order valence-electron chi connectivity index (χ2n) is 9.25. The van der Waals surface area contributed by atoms with Gasteiger partial charge in [0.05, 0.1) is 11.9 Å². The highest BCUT2D eigenvalue weighted by Gasteiger charge is 2.17. The molecule has 0 amide bonds. The molecule has 0 aliphatic rings. The highest BCUT2D eigenvalue weighted by Crippen LogP contribution is 2.31. The molecule has 9 heteroatoms. The van der Waals surface area contributed by atoms with E-state index in [1.54, 1.807) is 55.5 Å². The van der Waals surface area contributed by atoms with Crippen LogP contribution in [-0.4, -0.2) is 20.5 Å². The molecular formula is C30H28F2N2O4S. The maximum Gasteiger partial charge on any atom is 0.229 e. The van der Waals surface area contributed by atoms with E-state index in [0.29, 0.717) is 46.1 Å². The summed E-state index contributed by atoms with van der Waals surface area (Å²) < 4.78 is 60.3. The van der Waals surface area contributed by atoms with Crippen LogP contribution < -0.4 is 14.4 Å². The SMILES string of the molecule is CC(=O)c1cccc(Oc2ccc(CN(Cc3ccc(F)cc3F)c3cccc(NS(C)(=O)=O)c3C)cc2)c1. The molecule has 0 aliphatic heterocycles. The number of nitrogens with zero attached hydrogens (tertiary/aromatic N) is 1. The number of sulfonamides is 1. The van der Waals surface area contributed by atoms with Crippen LogP contribution in [0.25, 0.3) is 0 Å². The Morgan fingerprint density at radius 3 is 2.28 bits per heavy atom. The van der Waals surface area contributed by atoms with E-state index in [4.69, 9.17) is 4.74 Å². The quantitative estimate of drug-likeness (QED) is 0.219. The van der Waals surface area contributed by atoms with Crippen LogP contribution >= 0.6 is 0 Å². The number of benzene rings is 4. The molecule has 0 fully saturated rings. The third-order valence-electron chi connectivity index (χ3n) is 6.09. The lowest BCUT2D eigenvalue weighted by Crippen LogP contribution is -2.24. The fraction of sp³-hybridized carbons (Fsp3) is 0.167. The molecule has 0 radical (unpaired) electrons. The van der Waals surface area contributed by atoms with Crippen LogP contribution in [-0.2, 0) is 23.1 Å². The fourth-order valence-corrected chi connectivity index (χ4v) is 4.78. The van der Waals surface area contributed by atoms with Gasteiger partial charge in [-0.05, 0) is 67.4 Å². The Morgan fingerprint density at radius 2 is 1.62 bits per heavy atom. The lowest BCUT2D eigenvalue weighted by molar-refractivity contribution is 0.101. The number of carbonyl (C=O) groups is 1. The molecule has 4 aromatic rings. The number of halogens is 2. The minimum Gasteiger partial charge on any atom is -0.457 e. The molecule has 0 heterocycles. The van der Waals surface area contributed by atoms with Crippen molar-refractivity contribution in [3.63, 3.8) is 0 Å². The molecule has 0 saturated heterocycles. The van der Waals surface area contributed by atoms with Crippen molar-refractivity contribution < 1.29 is 26.7 Å². The second-order valence-corrected chi connectivity index (χ2v) is 11.0. The molecule has 0 spiro atoms. The number of hydrogen-bond donors (Lipinski definition) is 1. The Morgan fingerprint density at radius 1 is 0.897 bits per heavy atom. The molecule has 0 aromatic heterocycles. The van der Waals surface area contributed by atoms with E-state index in [9.17, 15) is 22.0 Å². The largest absolute Gasteiger partial charge is 0.457 e. The summed E-state index contributed by atoms with van der Waals surface area (Å²) in [6, 6.07) is 22.9.